The summed E-state index contributed by atoms with van der Waals surface area (Å²) in [6.45, 7) is 7.48. The van der Waals surface area contributed by atoms with E-state index >= 15 is 0 Å². The van der Waals surface area contributed by atoms with Crippen molar-refractivity contribution < 1.29 is 9.59 Å². The molecule has 2 fully saturated rings. The highest BCUT2D eigenvalue weighted by Crippen LogP contribution is 2.31. The van der Waals surface area contributed by atoms with Gasteiger partial charge in [0.15, 0.2) is 0 Å². The van der Waals surface area contributed by atoms with Gasteiger partial charge in [-0.2, -0.15) is 0 Å². The smallest absolute Gasteiger partial charge is 0.253 e. The Kier molecular flexibility index (Phi) is 8.45. The third-order valence-corrected chi connectivity index (χ3v) is 8.01. The summed E-state index contributed by atoms with van der Waals surface area (Å²) in [5, 5.41) is 6.84. The summed E-state index contributed by atoms with van der Waals surface area (Å²) in [6, 6.07) is 14.1. The van der Waals surface area contributed by atoms with Gasteiger partial charge < -0.3 is 26.2 Å². The number of nitrogens with one attached hydrogen (secondary N) is 2. The number of piperidine rings is 1. The fourth-order valence-corrected chi connectivity index (χ4v) is 5.90. The van der Waals surface area contributed by atoms with E-state index in [1.165, 1.54) is 0 Å². The number of fused-ring (bicyclic) bond motifs is 1. The lowest BCUT2D eigenvalue weighted by Crippen LogP contribution is -2.41. The van der Waals surface area contributed by atoms with Gasteiger partial charge in [-0.3, -0.25) is 9.59 Å². The highest BCUT2D eigenvalue weighted by molar-refractivity contribution is 5.99. The number of nitrogens with two attached hydrogens (primary N) is 1. The summed E-state index contributed by atoms with van der Waals surface area (Å²) in [5.41, 5.74) is 12.0. The van der Waals surface area contributed by atoms with Crippen molar-refractivity contribution in [2.24, 2.45) is 11.7 Å². The van der Waals surface area contributed by atoms with Crippen molar-refractivity contribution in [3.05, 3.63) is 59.2 Å². The quantitative estimate of drug-likeness (QED) is 0.511. The molecule has 38 heavy (non-hydrogen) atoms. The zero-order valence-electron chi connectivity index (χ0n) is 22.5. The Morgan fingerprint density at radius 2 is 1.74 bits per heavy atom. The Morgan fingerprint density at radius 3 is 2.45 bits per heavy atom. The lowest BCUT2D eigenvalue weighted by molar-refractivity contribution is -0.128. The van der Waals surface area contributed by atoms with Crippen LogP contribution in [0.1, 0.15) is 61.4 Å². The molecule has 0 bridgehead atoms. The Balaban J connectivity index is 1.34. The number of benzene rings is 2. The Hall–Kier alpha value is -3.16. The monoisotopic (exact) mass is 515 g/mol. The van der Waals surface area contributed by atoms with Crippen LogP contribution in [0.2, 0.25) is 0 Å². The molecule has 3 heterocycles. The van der Waals surface area contributed by atoms with Gasteiger partial charge in [0.05, 0.1) is 6.17 Å². The summed E-state index contributed by atoms with van der Waals surface area (Å²) >= 11 is 0. The minimum atomic E-state index is -0.343. The fraction of sp³-hybridized carbons (Fsp3) is 0.484. The largest absolute Gasteiger partial charge is 0.369 e. The van der Waals surface area contributed by atoms with Crippen LogP contribution in [0.3, 0.4) is 0 Å². The molecule has 0 spiro atoms. The van der Waals surface area contributed by atoms with Crippen LogP contribution in [0.4, 0.5) is 5.69 Å². The molecule has 4 N–H and O–H groups in total. The topological polar surface area (TPSA) is 90.7 Å². The molecule has 2 aromatic carbocycles. The van der Waals surface area contributed by atoms with Crippen molar-refractivity contribution >= 4 is 23.6 Å². The summed E-state index contributed by atoms with van der Waals surface area (Å²) in [4.78, 5) is 30.4. The molecule has 3 aliphatic heterocycles. The predicted octanol–water partition coefficient (Wildman–Crippen LogP) is 4.31. The number of nitrogens with zero attached hydrogens (tertiary/aromatic N) is 2. The first-order valence-corrected chi connectivity index (χ1v) is 14.3. The van der Waals surface area contributed by atoms with Crippen LogP contribution in [-0.2, 0) is 4.79 Å². The first kappa shape index (κ1) is 26.4. The van der Waals surface area contributed by atoms with Crippen LogP contribution in [-0.4, -0.2) is 67.0 Å². The number of anilines is 1. The second-order valence-electron chi connectivity index (χ2n) is 10.9. The van der Waals surface area contributed by atoms with Crippen LogP contribution in [0, 0.1) is 5.92 Å². The molecule has 5 rings (SSSR count). The van der Waals surface area contributed by atoms with Crippen molar-refractivity contribution in [3.63, 3.8) is 0 Å². The van der Waals surface area contributed by atoms with Crippen LogP contribution < -0.4 is 16.4 Å². The molecule has 0 aliphatic carbocycles. The van der Waals surface area contributed by atoms with E-state index in [1.54, 1.807) is 0 Å². The van der Waals surface area contributed by atoms with Gasteiger partial charge in [0, 0.05) is 49.4 Å². The first-order valence-electron chi connectivity index (χ1n) is 14.3. The third-order valence-electron chi connectivity index (χ3n) is 8.01. The average Bonchev–Trinajstić information content (AvgIpc) is 3.42. The zero-order chi connectivity index (χ0) is 26.5. The maximum absolute atomic E-state index is 13.7. The third kappa shape index (κ3) is 6.11. The SMILES string of the molecule is CCCN(CC1CCNCC1)C(=O)C1=Cc2ccc(-c3ccc(C(=O)N4CCCC4)cc3)cc2NC(N)C1. The van der Waals surface area contributed by atoms with Crippen molar-refractivity contribution in [1.29, 1.82) is 0 Å². The maximum atomic E-state index is 13.7. The van der Waals surface area contributed by atoms with E-state index in [0.29, 0.717) is 12.3 Å². The molecular weight excluding hydrogens is 474 g/mol. The lowest BCUT2D eigenvalue weighted by atomic mass is 9.96. The fourth-order valence-electron chi connectivity index (χ4n) is 5.90. The van der Waals surface area contributed by atoms with Crippen molar-refractivity contribution in [1.82, 2.24) is 15.1 Å². The van der Waals surface area contributed by atoms with Gasteiger partial charge in [0.25, 0.3) is 5.91 Å². The highest BCUT2D eigenvalue weighted by Gasteiger charge is 2.26. The van der Waals surface area contributed by atoms with Crippen LogP contribution in [0.15, 0.2) is 48.0 Å². The zero-order valence-corrected chi connectivity index (χ0v) is 22.5. The van der Waals surface area contributed by atoms with E-state index in [0.717, 1.165) is 105 Å². The minimum absolute atomic E-state index is 0.109. The number of hydrogen-bond acceptors (Lipinski definition) is 5. The summed E-state index contributed by atoms with van der Waals surface area (Å²) in [7, 11) is 0. The number of amides is 2. The van der Waals surface area contributed by atoms with Gasteiger partial charge in [-0.1, -0.05) is 31.2 Å². The summed E-state index contributed by atoms with van der Waals surface area (Å²) < 4.78 is 0. The second kappa shape index (κ2) is 12.1. The molecular formula is C31H41N5O2. The average molecular weight is 516 g/mol. The molecule has 0 saturated carbocycles. The van der Waals surface area contributed by atoms with Gasteiger partial charge in [0.1, 0.15) is 0 Å². The summed E-state index contributed by atoms with van der Waals surface area (Å²) in [5.74, 6) is 0.776. The van der Waals surface area contributed by atoms with Gasteiger partial charge in [0.2, 0.25) is 5.91 Å². The molecule has 1 atom stereocenters. The second-order valence-corrected chi connectivity index (χ2v) is 10.9. The Labute approximate surface area is 226 Å². The minimum Gasteiger partial charge on any atom is -0.369 e. The van der Waals surface area contributed by atoms with Crippen LogP contribution in [0.25, 0.3) is 17.2 Å². The molecule has 7 nitrogen and oxygen atoms in total. The number of rotatable bonds is 7. The molecule has 202 valence electrons. The van der Waals surface area contributed by atoms with E-state index in [2.05, 4.69) is 35.8 Å². The molecule has 0 aromatic heterocycles. The predicted molar refractivity (Wildman–Crippen MR) is 154 cm³/mol. The van der Waals surface area contributed by atoms with E-state index < -0.39 is 0 Å². The van der Waals surface area contributed by atoms with E-state index in [1.807, 2.05) is 40.1 Å². The normalized spacial score (nSPS) is 19.8. The summed E-state index contributed by atoms with van der Waals surface area (Å²) in [6.07, 6.45) is 7.52. The number of likely N-dealkylation sites (tertiary alicyclic amines) is 1. The maximum Gasteiger partial charge on any atom is 0.253 e. The van der Waals surface area contributed by atoms with Crippen molar-refractivity contribution in [2.75, 3.05) is 44.6 Å². The molecule has 1 unspecified atom stereocenters. The molecule has 7 heteroatoms. The van der Waals surface area contributed by atoms with E-state index in [-0.39, 0.29) is 18.0 Å². The van der Waals surface area contributed by atoms with Gasteiger partial charge in [-0.15, -0.1) is 0 Å². The highest BCUT2D eigenvalue weighted by atomic mass is 16.2. The number of hydrogen-bond donors (Lipinski definition) is 3. The standard InChI is InChI=1S/C31H41N5O2/c1-2-15-36(21-22-11-13-33-14-12-22)31(38)27-18-26-10-9-25(19-28(26)34-29(32)20-27)23-5-7-24(8-6-23)30(37)35-16-3-4-17-35/h5-10,18-19,22,29,33-34H,2-4,11-17,20-21,32H2,1H3. The molecule has 2 saturated heterocycles. The van der Waals surface area contributed by atoms with Crippen molar-refractivity contribution in [2.45, 2.75) is 51.6 Å². The van der Waals surface area contributed by atoms with E-state index in [4.69, 9.17) is 5.73 Å². The Bertz CT molecular complexity index is 1160. The molecule has 0 radical (unpaired) electrons. The van der Waals surface area contributed by atoms with Gasteiger partial charge in [-0.05, 0) is 92.1 Å². The molecule has 2 amide bonds. The lowest BCUT2D eigenvalue weighted by Gasteiger charge is -2.31. The van der Waals surface area contributed by atoms with Crippen LogP contribution >= 0.6 is 0 Å². The van der Waals surface area contributed by atoms with Gasteiger partial charge >= 0.3 is 0 Å². The Morgan fingerprint density at radius 1 is 1.03 bits per heavy atom. The first-order chi connectivity index (χ1) is 18.5. The van der Waals surface area contributed by atoms with Gasteiger partial charge in [-0.25, -0.2) is 0 Å². The molecule has 3 aliphatic rings. The van der Waals surface area contributed by atoms with Crippen LogP contribution in [0.5, 0.6) is 0 Å². The number of carbonyl (C=O) groups is 2. The molecule has 2 aromatic rings. The number of carbonyl (C=O) groups excluding carboxylic acids is 2. The van der Waals surface area contributed by atoms with Crippen molar-refractivity contribution in [3.8, 4) is 11.1 Å². The van der Waals surface area contributed by atoms with E-state index in [9.17, 15) is 9.59 Å².